The van der Waals surface area contributed by atoms with Gasteiger partial charge in [0.25, 0.3) is 11.6 Å². The van der Waals surface area contributed by atoms with Crippen molar-refractivity contribution in [3.63, 3.8) is 0 Å². The first-order chi connectivity index (χ1) is 11.3. The molecule has 0 radical (unpaired) electrons. The molecule has 0 aromatic heterocycles. The highest BCUT2D eigenvalue weighted by Gasteiger charge is 2.13. The number of rotatable bonds is 7. The predicted octanol–water partition coefficient (Wildman–Crippen LogP) is 0.751. The van der Waals surface area contributed by atoms with Gasteiger partial charge in [-0.05, 0) is 30.7 Å². The smallest absolute Gasteiger partial charge is 0.325 e. The van der Waals surface area contributed by atoms with E-state index in [2.05, 4.69) is 15.4 Å². The van der Waals surface area contributed by atoms with Crippen molar-refractivity contribution in [2.45, 2.75) is 13.8 Å². The Morgan fingerprint density at radius 3 is 2.38 bits per heavy atom. The molecule has 9 nitrogen and oxygen atoms in total. The van der Waals surface area contributed by atoms with Crippen molar-refractivity contribution >= 4 is 29.5 Å². The number of hydrogen-bond acceptors (Lipinski definition) is 6. The maximum Gasteiger partial charge on any atom is 0.325 e. The molecule has 128 valence electrons. The second kappa shape index (κ2) is 9.03. The number of non-ortho nitro benzene ring substituents is 1. The minimum absolute atomic E-state index is 0.0966. The Hall–Kier alpha value is -3.23. The summed E-state index contributed by atoms with van der Waals surface area (Å²) in [5, 5.41) is 15.3. The lowest BCUT2D eigenvalue weighted by atomic mass is 10.1. The molecule has 1 rings (SSSR count). The largest absolute Gasteiger partial charge is 0.465 e. The van der Waals surface area contributed by atoms with Gasteiger partial charge in [0, 0.05) is 19.1 Å². The minimum atomic E-state index is -0.684. The Labute approximate surface area is 137 Å². The number of nitro groups is 1. The van der Waals surface area contributed by atoms with Crippen LogP contribution in [0.25, 0.3) is 6.08 Å². The van der Waals surface area contributed by atoms with Gasteiger partial charge in [0.05, 0.1) is 11.5 Å². The van der Waals surface area contributed by atoms with Crippen molar-refractivity contribution in [1.29, 1.82) is 0 Å². The van der Waals surface area contributed by atoms with Gasteiger partial charge in [0.2, 0.25) is 5.91 Å². The van der Waals surface area contributed by atoms with E-state index in [0.29, 0.717) is 5.56 Å². The topological polar surface area (TPSA) is 128 Å². The molecule has 0 aliphatic carbocycles. The van der Waals surface area contributed by atoms with Crippen molar-refractivity contribution in [2.75, 3.05) is 13.2 Å². The van der Waals surface area contributed by atoms with Crippen LogP contribution in [0.5, 0.6) is 0 Å². The first-order valence-electron chi connectivity index (χ1n) is 7.01. The van der Waals surface area contributed by atoms with E-state index in [4.69, 9.17) is 0 Å². The fourth-order valence-electron chi connectivity index (χ4n) is 1.67. The van der Waals surface area contributed by atoms with E-state index in [1.54, 1.807) is 6.92 Å². The highest BCUT2D eigenvalue weighted by Crippen LogP contribution is 2.14. The predicted molar refractivity (Wildman–Crippen MR) is 84.5 cm³/mol. The van der Waals surface area contributed by atoms with Gasteiger partial charge in [0.1, 0.15) is 12.2 Å². The maximum absolute atomic E-state index is 12.1. The minimum Gasteiger partial charge on any atom is -0.465 e. The van der Waals surface area contributed by atoms with E-state index in [9.17, 15) is 24.5 Å². The Morgan fingerprint density at radius 1 is 1.25 bits per heavy atom. The summed E-state index contributed by atoms with van der Waals surface area (Å²) in [6.07, 6.45) is 1.34. The molecule has 0 aliphatic heterocycles. The number of esters is 1. The third kappa shape index (κ3) is 6.26. The molecule has 0 spiro atoms. The molecule has 0 unspecified atom stereocenters. The molecule has 1 aromatic rings. The summed E-state index contributed by atoms with van der Waals surface area (Å²) < 4.78 is 4.68. The molecule has 0 fully saturated rings. The summed E-state index contributed by atoms with van der Waals surface area (Å²) in [7, 11) is 0. The highest BCUT2D eigenvalue weighted by molar-refractivity contribution is 6.01. The molecule has 0 atom stereocenters. The monoisotopic (exact) mass is 335 g/mol. The summed E-state index contributed by atoms with van der Waals surface area (Å²) in [4.78, 5) is 44.6. The first kappa shape index (κ1) is 18.8. The van der Waals surface area contributed by atoms with Crippen LogP contribution in [0.4, 0.5) is 5.69 Å². The Bertz CT molecular complexity index is 666. The molecular weight excluding hydrogens is 318 g/mol. The molecule has 0 heterocycles. The zero-order valence-corrected chi connectivity index (χ0v) is 13.2. The fourth-order valence-corrected chi connectivity index (χ4v) is 1.67. The number of benzene rings is 1. The Morgan fingerprint density at radius 2 is 1.88 bits per heavy atom. The van der Waals surface area contributed by atoms with E-state index in [0.717, 1.165) is 0 Å². The van der Waals surface area contributed by atoms with Crippen molar-refractivity contribution in [3.05, 3.63) is 45.6 Å². The third-order valence-electron chi connectivity index (χ3n) is 2.67. The number of nitrogens with one attached hydrogen (secondary N) is 2. The van der Waals surface area contributed by atoms with E-state index >= 15 is 0 Å². The van der Waals surface area contributed by atoms with Gasteiger partial charge in [-0.3, -0.25) is 24.5 Å². The van der Waals surface area contributed by atoms with Gasteiger partial charge in [-0.25, -0.2) is 0 Å². The molecule has 0 saturated heterocycles. The molecule has 2 N–H and O–H groups in total. The Balaban J connectivity index is 2.90. The summed E-state index contributed by atoms with van der Waals surface area (Å²) in [6.45, 7) is 2.70. The fraction of sp³-hybridized carbons (Fsp3) is 0.267. The lowest BCUT2D eigenvalue weighted by Crippen LogP contribution is -2.37. The number of carbonyl (C=O) groups excluding carboxylic acids is 3. The number of carbonyl (C=O) groups is 3. The zero-order chi connectivity index (χ0) is 18.1. The van der Waals surface area contributed by atoms with E-state index in [1.807, 2.05) is 0 Å². The van der Waals surface area contributed by atoms with Crippen LogP contribution in [0.15, 0.2) is 30.0 Å². The molecule has 0 saturated carbocycles. The SMILES string of the molecule is CCOC(=O)CNC(=O)/C(=C\c1ccc([N+](=O)[O-])cc1)NC(C)=O. The molecule has 2 amide bonds. The van der Waals surface area contributed by atoms with Crippen LogP contribution in [0, 0.1) is 10.1 Å². The highest BCUT2D eigenvalue weighted by atomic mass is 16.6. The van der Waals surface area contributed by atoms with Gasteiger partial charge in [-0.1, -0.05) is 0 Å². The molecule has 0 bridgehead atoms. The van der Waals surface area contributed by atoms with Crippen LogP contribution in [0.1, 0.15) is 19.4 Å². The van der Waals surface area contributed by atoms with Crippen LogP contribution < -0.4 is 10.6 Å². The van der Waals surface area contributed by atoms with E-state index in [1.165, 1.54) is 37.3 Å². The molecule has 24 heavy (non-hydrogen) atoms. The van der Waals surface area contributed by atoms with Gasteiger partial charge >= 0.3 is 5.97 Å². The molecule has 0 aliphatic rings. The van der Waals surface area contributed by atoms with Crippen molar-refractivity contribution in [3.8, 4) is 0 Å². The summed E-state index contributed by atoms with van der Waals surface area (Å²) in [5.41, 5.74) is 0.274. The number of hydrogen-bond donors (Lipinski definition) is 2. The first-order valence-corrected chi connectivity index (χ1v) is 7.01. The summed E-state index contributed by atoms with van der Waals surface area (Å²) in [6, 6.07) is 5.40. The lowest BCUT2D eigenvalue weighted by Gasteiger charge is -2.09. The zero-order valence-electron chi connectivity index (χ0n) is 13.2. The average Bonchev–Trinajstić information content (AvgIpc) is 2.52. The molecular formula is C15H17N3O6. The third-order valence-corrected chi connectivity index (χ3v) is 2.67. The summed E-state index contributed by atoms with van der Waals surface area (Å²) in [5.74, 6) is -1.77. The van der Waals surface area contributed by atoms with Crippen LogP contribution in [-0.4, -0.2) is 35.9 Å². The van der Waals surface area contributed by atoms with Crippen molar-refractivity contribution < 1.29 is 24.0 Å². The number of amides is 2. The number of nitro benzene ring substituents is 1. The van der Waals surface area contributed by atoms with Gasteiger partial charge < -0.3 is 15.4 Å². The molecule has 9 heteroatoms. The summed E-state index contributed by atoms with van der Waals surface area (Å²) >= 11 is 0. The van der Waals surface area contributed by atoms with Gasteiger partial charge in [0.15, 0.2) is 0 Å². The van der Waals surface area contributed by atoms with Crippen LogP contribution >= 0.6 is 0 Å². The van der Waals surface area contributed by atoms with Crippen LogP contribution in [-0.2, 0) is 19.1 Å². The van der Waals surface area contributed by atoms with Crippen LogP contribution in [0.3, 0.4) is 0 Å². The second-order valence-corrected chi connectivity index (χ2v) is 4.58. The van der Waals surface area contributed by atoms with Crippen molar-refractivity contribution in [2.24, 2.45) is 0 Å². The quantitative estimate of drug-likeness (QED) is 0.327. The van der Waals surface area contributed by atoms with Crippen molar-refractivity contribution in [1.82, 2.24) is 10.6 Å². The van der Waals surface area contributed by atoms with Gasteiger partial charge in [-0.15, -0.1) is 0 Å². The maximum atomic E-state index is 12.1. The normalized spacial score (nSPS) is 10.7. The average molecular weight is 335 g/mol. The Kier molecular flexibility index (Phi) is 7.08. The van der Waals surface area contributed by atoms with E-state index in [-0.39, 0.29) is 24.5 Å². The van der Waals surface area contributed by atoms with Gasteiger partial charge in [-0.2, -0.15) is 0 Å². The number of nitrogens with zero attached hydrogens (tertiary/aromatic N) is 1. The lowest BCUT2D eigenvalue weighted by molar-refractivity contribution is -0.384. The second-order valence-electron chi connectivity index (χ2n) is 4.58. The standard InChI is InChI=1S/C15H17N3O6/c1-3-24-14(20)9-16-15(21)13(17-10(2)19)8-11-4-6-12(7-5-11)18(22)23/h4-8H,3,9H2,1-2H3,(H,16,21)(H,17,19)/b13-8+. The number of ether oxygens (including phenoxy) is 1. The van der Waals surface area contributed by atoms with E-state index < -0.39 is 22.7 Å². The molecule has 1 aromatic carbocycles. The van der Waals surface area contributed by atoms with Crippen LogP contribution in [0.2, 0.25) is 0 Å².